The van der Waals surface area contributed by atoms with Crippen LogP contribution in [0, 0.1) is 0 Å². The van der Waals surface area contributed by atoms with Crippen molar-refractivity contribution in [3.05, 3.63) is 29.8 Å². The van der Waals surface area contributed by atoms with E-state index in [1.54, 1.807) is 0 Å². The number of benzene rings is 1. The molecule has 1 atom stereocenters. The molecular weight excluding hydrogens is 357 g/mol. The molecule has 2 amide bonds. The van der Waals surface area contributed by atoms with E-state index < -0.39 is 26.3 Å². The maximum absolute atomic E-state index is 12.6. The molecule has 0 aliphatic carbocycles. The van der Waals surface area contributed by atoms with Crippen molar-refractivity contribution in [3.63, 3.8) is 0 Å². The second-order valence-corrected chi connectivity index (χ2v) is 7.76. The van der Waals surface area contributed by atoms with Crippen molar-refractivity contribution in [3.8, 4) is 0 Å². The number of rotatable bonds is 8. The van der Waals surface area contributed by atoms with Gasteiger partial charge in [-0.05, 0) is 31.0 Å². The highest BCUT2D eigenvalue weighted by Gasteiger charge is 2.46. The molecule has 0 aliphatic rings. The molecule has 0 aromatic heterocycles. The van der Waals surface area contributed by atoms with Gasteiger partial charge in [0.25, 0.3) is 9.84 Å². The standard InChI is InChI=1S/C16H23F3N2O3S/c1-3-4-5-7-12(2)21-15(22)20-11-13-8-6-9-14(10-13)25(23,24)16(17,18)19/h6,8-10,12H,3-5,7,11H2,1-2H3,(H2,20,21,22). The van der Waals surface area contributed by atoms with E-state index in [1.165, 1.54) is 12.1 Å². The van der Waals surface area contributed by atoms with Gasteiger partial charge in [0.2, 0.25) is 0 Å². The third kappa shape index (κ3) is 6.56. The molecule has 1 aromatic rings. The molecule has 1 rings (SSSR count). The van der Waals surface area contributed by atoms with E-state index in [0.717, 1.165) is 37.8 Å². The van der Waals surface area contributed by atoms with Crippen LogP contribution in [0.15, 0.2) is 29.2 Å². The van der Waals surface area contributed by atoms with Crippen LogP contribution in [0.2, 0.25) is 0 Å². The highest BCUT2D eigenvalue weighted by molar-refractivity contribution is 7.92. The number of alkyl halides is 3. The summed E-state index contributed by atoms with van der Waals surface area (Å²) in [6.07, 6.45) is 3.99. The lowest BCUT2D eigenvalue weighted by Crippen LogP contribution is -2.40. The molecule has 25 heavy (non-hydrogen) atoms. The number of nitrogens with one attached hydrogen (secondary N) is 2. The molecule has 0 spiro atoms. The molecule has 0 bridgehead atoms. The van der Waals surface area contributed by atoms with Gasteiger partial charge in [0, 0.05) is 12.6 Å². The number of carbonyl (C=O) groups is 1. The number of unbranched alkanes of at least 4 members (excludes halogenated alkanes) is 2. The Balaban J connectivity index is 2.61. The summed E-state index contributed by atoms with van der Waals surface area (Å²) in [5.41, 5.74) is -5.09. The first-order chi connectivity index (χ1) is 11.6. The molecule has 142 valence electrons. The minimum atomic E-state index is -5.40. The van der Waals surface area contributed by atoms with Crippen molar-refractivity contribution >= 4 is 15.9 Å². The van der Waals surface area contributed by atoms with Crippen LogP contribution in [0.4, 0.5) is 18.0 Å². The Morgan fingerprint density at radius 3 is 2.52 bits per heavy atom. The van der Waals surface area contributed by atoms with Gasteiger partial charge in [-0.3, -0.25) is 0 Å². The first-order valence-electron chi connectivity index (χ1n) is 8.02. The third-order valence-corrected chi connectivity index (χ3v) is 5.07. The van der Waals surface area contributed by atoms with Crippen molar-refractivity contribution in [1.29, 1.82) is 0 Å². The van der Waals surface area contributed by atoms with Crippen LogP contribution in [0.3, 0.4) is 0 Å². The topological polar surface area (TPSA) is 75.3 Å². The fourth-order valence-electron chi connectivity index (χ4n) is 2.19. The molecule has 5 nitrogen and oxygen atoms in total. The molecule has 0 saturated heterocycles. The van der Waals surface area contributed by atoms with Crippen LogP contribution in [0.1, 0.15) is 45.1 Å². The summed E-state index contributed by atoms with van der Waals surface area (Å²) in [6.45, 7) is 3.87. The zero-order valence-corrected chi connectivity index (χ0v) is 15.0. The maximum Gasteiger partial charge on any atom is 0.501 e. The molecule has 9 heteroatoms. The van der Waals surface area contributed by atoms with Crippen LogP contribution in [-0.4, -0.2) is 26.0 Å². The van der Waals surface area contributed by atoms with Gasteiger partial charge in [-0.1, -0.05) is 38.3 Å². The Labute approximate surface area is 145 Å². The highest BCUT2D eigenvalue weighted by atomic mass is 32.2. The fourth-order valence-corrected chi connectivity index (χ4v) is 3.02. The number of sulfone groups is 1. The number of hydrogen-bond donors (Lipinski definition) is 2. The molecule has 0 saturated carbocycles. The lowest BCUT2D eigenvalue weighted by molar-refractivity contribution is -0.0436. The van der Waals surface area contributed by atoms with Gasteiger partial charge < -0.3 is 10.6 Å². The van der Waals surface area contributed by atoms with Crippen molar-refractivity contribution in [1.82, 2.24) is 10.6 Å². The van der Waals surface area contributed by atoms with Gasteiger partial charge in [-0.2, -0.15) is 13.2 Å². The molecule has 2 N–H and O–H groups in total. The maximum atomic E-state index is 12.6. The Morgan fingerprint density at radius 2 is 1.92 bits per heavy atom. The monoisotopic (exact) mass is 380 g/mol. The molecular formula is C16H23F3N2O3S. The van der Waals surface area contributed by atoms with E-state index in [9.17, 15) is 26.4 Å². The van der Waals surface area contributed by atoms with Gasteiger partial charge in [-0.25, -0.2) is 13.2 Å². The van der Waals surface area contributed by atoms with Gasteiger partial charge >= 0.3 is 11.5 Å². The van der Waals surface area contributed by atoms with E-state index >= 15 is 0 Å². The summed E-state index contributed by atoms with van der Waals surface area (Å²) in [6, 6.07) is 3.97. The summed E-state index contributed by atoms with van der Waals surface area (Å²) in [5, 5.41) is 5.24. The van der Waals surface area contributed by atoms with E-state index in [0.29, 0.717) is 0 Å². The number of halogens is 3. The van der Waals surface area contributed by atoms with Crippen LogP contribution < -0.4 is 10.6 Å². The predicted octanol–water partition coefficient (Wildman–Crippen LogP) is 3.75. The quantitative estimate of drug-likeness (QED) is 0.675. The van der Waals surface area contributed by atoms with Crippen molar-refractivity contribution in [2.24, 2.45) is 0 Å². The largest absolute Gasteiger partial charge is 0.501 e. The van der Waals surface area contributed by atoms with Crippen molar-refractivity contribution < 1.29 is 26.4 Å². The molecule has 0 heterocycles. The minimum Gasteiger partial charge on any atom is -0.336 e. The zero-order chi connectivity index (χ0) is 19.1. The first kappa shape index (κ1) is 21.3. The van der Waals surface area contributed by atoms with E-state index in [-0.39, 0.29) is 18.2 Å². The summed E-state index contributed by atoms with van der Waals surface area (Å²) in [7, 11) is -5.40. The summed E-state index contributed by atoms with van der Waals surface area (Å²) < 4.78 is 60.5. The molecule has 1 unspecified atom stereocenters. The minimum absolute atomic E-state index is 0.0245. The Morgan fingerprint density at radius 1 is 1.24 bits per heavy atom. The van der Waals surface area contributed by atoms with Gasteiger partial charge in [0.15, 0.2) is 0 Å². The average molecular weight is 380 g/mol. The Bertz CT molecular complexity index is 675. The van der Waals surface area contributed by atoms with Gasteiger partial charge in [-0.15, -0.1) is 0 Å². The van der Waals surface area contributed by atoms with Gasteiger partial charge in [0.1, 0.15) is 0 Å². The number of carbonyl (C=O) groups excluding carboxylic acids is 1. The number of amides is 2. The van der Waals surface area contributed by atoms with Crippen LogP contribution in [0.5, 0.6) is 0 Å². The fraction of sp³-hybridized carbons (Fsp3) is 0.562. The molecule has 0 fully saturated rings. The predicted molar refractivity (Wildman–Crippen MR) is 88.7 cm³/mol. The van der Waals surface area contributed by atoms with Crippen LogP contribution in [0.25, 0.3) is 0 Å². The van der Waals surface area contributed by atoms with E-state index in [1.807, 2.05) is 6.92 Å². The Hall–Kier alpha value is -1.77. The number of urea groups is 1. The normalized spacial score (nSPS) is 13.3. The second kappa shape index (κ2) is 9.07. The molecule has 0 aliphatic heterocycles. The lowest BCUT2D eigenvalue weighted by Gasteiger charge is -2.15. The zero-order valence-electron chi connectivity index (χ0n) is 14.2. The van der Waals surface area contributed by atoms with Crippen LogP contribution in [-0.2, 0) is 16.4 Å². The molecule has 1 aromatic carbocycles. The average Bonchev–Trinajstić information content (AvgIpc) is 2.52. The van der Waals surface area contributed by atoms with E-state index in [2.05, 4.69) is 17.6 Å². The summed E-state index contributed by atoms with van der Waals surface area (Å²) in [5.74, 6) is 0. The Kier molecular flexibility index (Phi) is 7.72. The second-order valence-electron chi connectivity index (χ2n) is 5.82. The third-order valence-electron chi connectivity index (χ3n) is 3.58. The van der Waals surface area contributed by atoms with Gasteiger partial charge in [0.05, 0.1) is 4.90 Å². The van der Waals surface area contributed by atoms with E-state index in [4.69, 9.17) is 0 Å². The lowest BCUT2D eigenvalue weighted by atomic mass is 10.1. The van der Waals surface area contributed by atoms with Crippen molar-refractivity contribution in [2.45, 2.75) is 62.5 Å². The summed E-state index contributed by atoms with van der Waals surface area (Å²) in [4.78, 5) is 10.9. The SMILES string of the molecule is CCCCCC(C)NC(=O)NCc1cccc(S(=O)(=O)C(F)(F)F)c1. The number of hydrogen-bond acceptors (Lipinski definition) is 3. The van der Waals surface area contributed by atoms with Crippen LogP contribution >= 0.6 is 0 Å². The summed E-state index contributed by atoms with van der Waals surface area (Å²) >= 11 is 0. The first-order valence-corrected chi connectivity index (χ1v) is 9.51. The smallest absolute Gasteiger partial charge is 0.336 e. The molecule has 0 radical (unpaired) electrons. The highest BCUT2D eigenvalue weighted by Crippen LogP contribution is 2.30. The van der Waals surface area contributed by atoms with Crippen molar-refractivity contribution in [2.75, 3.05) is 0 Å².